The fourth-order valence-electron chi connectivity index (χ4n) is 2.65. The van der Waals surface area contributed by atoms with Crippen LogP contribution in [0.25, 0.3) is 0 Å². The second-order valence-electron chi connectivity index (χ2n) is 5.37. The number of nitrogens with zero attached hydrogens (tertiary/aromatic N) is 3. The highest BCUT2D eigenvalue weighted by Crippen LogP contribution is 2.35. The fourth-order valence-corrected chi connectivity index (χ4v) is 3.58. The van der Waals surface area contributed by atoms with E-state index in [0.717, 1.165) is 10.6 Å². The van der Waals surface area contributed by atoms with E-state index >= 15 is 0 Å². The normalized spacial score (nSPS) is 15.8. The van der Waals surface area contributed by atoms with Crippen molar-refractivity contribution in [3.63, 3.8) is 0 Å². The Kier molecular flexibility index (Phi) is 4.55. The lowest BCUT2D eigenvalue weighted by molar-refractivity contribution is -0.115. The standard InChI is InChI=1S/C15H18N4OS/c20-13(9-11-5-4-8-16-10-11)17-15-19-18-14(21-15)12-6-2-1-3-7-12/h4-5,8,10,12H,1-3,6-7,9H2,(H,17,19,20). The topological polar surface area (TPSA) is 67.8 Å². The van der Waals surface area contributed by atoms with E-state index in [1.165, 1.54) is 43.4 Å². The molecule has 1 aliphatic carbocycles. The second-order valence-corrected chi connectivity index (χ2v) is 6.38. The van der Waals surface area contributed by atoms with Gasteiger partial charge in [0.1, 0.15) is 5.01 Å². The minimum atomic E-state index is -0.0747. The molecule has 3 rings (SSSR count). The van der Waals surface area contributed by atoms with E-state index in [2.05, 4.69) is 20.5 Å². The summed E-state index contributed by atoms with van der Waals surface area (Å²) in [6, 6.07) is 3.72. The van der Waals surface area contributed by atoms with Gasteiger partial charge < -0.3 is 5.32 Å². The number of anilines is 1. The summed E-state index contributed by atoms with van der Waals surface area (Å²) in [6.45, 7) is 0. The van der Waals surface area contributed by atoms with Gasteiger partial charge in [0.2, 0.25) is 11.0 Å². The molecule has 6 heteroatoms. The summed E-state index contributed by atoms with van der Waals surface area (Å²) in [6.07, 6.45) is 9.96. The van der Waals surface area contributed by atoms with Crippen LogP contribution in [0.15, 0.2) is 24.5 Å². The quantitative estimate of drug-likeness (QED) is 0.942. The van der Waals surface area contributed by atoms with Crippen molar-refractivity contribution in [2.75, 3.05) is 5.32 Å². The van der Waals surface area contributed by atoms with Crippen molar-refractivity contribution in [3.8, 4) is 0 Å². The van der Waals surface area contributed by atoms with Gasteiger partial charge in [-0.2, -0.15) is 0 Å². The third kappa shape index (κ3) is 3.85. The summed E-state index contributed by atoms with van der Waals surface area (Å²) in [7, 11) is 0. The Balaban J connectivity index is 1.57. The Labute approximate surface area is 127 Å². The van der Waals surface area contributed by atoms with Gasteiger partial charge in [-0.15, -0.1) is 10.2 Å². The molecule has 1 aliphatic rings. The maximum Gasteiger partial charge on any atom is 0.230 e. The molecule has 0 radical (unpaired) electrons. The maximum atomic E-state index is 12.0. The SMILES string of the molecule is O=C(Cc1cccnc1)Nc1nnc(C2CCCCC2)s1. The van der Waals surface area contributed by atoms with Crippen LogP contribution in [0.2, 0.25) is 0 Å². The van der Waals surface area contributed by atoms with Crippen LogP contribution in [0.1, 0.15) is 48.6 Å². The minimum absolute atomic E-state index is 0.0747. The third-order valence-electron chi connectivity index (χ3n) is 3.73. The van der Waals surface area contributed by atoms with Gasteiger partial charge in [0.15, 0.2) is 0 Å². The van der Waals surface area contributed by atoms with Gasteiger partial charge in [0.05, 0.1) is 6.42 Å². The number of hydrogen-bond donors (Lipinski definition) is 1. The predicted octanol–water partition coefficient (Wildman–Crippen LogP) is 3.16. The highest BCUT2D eigenvalue weighted by Gasteiger charge is 2.20. The smallest absolute Gasteiger partial charge is 0.230 e. The highest BCUT2D eigenvalue weighted by atomic mass is 32.1. The third-order valence-corrected chi connectivity index (χ3v) is 4.73. The van der Waals surface area contributed by atoms with E-state index in [1.54, 1.807) is 12.4 Å². The van der Waals surface area contributed by atoms with E-state index in [-0.39, 0.29) is 5.91 Å². The molecule has 21 heavy (non-hydrogen) atoms. The molecule has 0 spiro atoms. The van der Waals surface area contributed by atoms with Crippen LogP contribution in [0, 0.1) is 0 Å². The van der Waals surface area contributed by atoms with E-state index in [4.69, 9.17) is 0 Å². The number of pyridine rings is 1. The summed E-state index contributed by atoms with van der Waals surface area (Å²) in [5.74, 6) is 0.453. The Hall–Kier alpha value is -1.82. The van der Waals surface area contributed by atoms with Gasteiger partial charge in [0.25, 0.3) is 0 Å². The first-order valence-corrected chi connectivity index (χ1v) is 8.15. The molecule has 2 aromatic rings. The van der Waals surface area contributed by atoms with Crippen LogP contribution in [0.5, 0.6) is 0 Å². The van der Waals surface area contributed by atoms with Crippen molar-refractivity contribution in [2.45, 2.75) is 44.4 Å². The van der Waals surface area contributed by atoms with Crippen molar-refractivity contribution in [2.24, 2.45) is 0 Å². The zero-order valence-electron chi connectivity index (χ0n) is 11.8. The zero-order valence-corrected chi connectivity index (χ0v) is 12.6. The zero-order chi connectivity index (χ0) is 14.5. The van der Waals surface area contributed by atoms with Crippen molar-refractivity contribution >= 4 is 22.4 Å². The first-order chi connectivity index (χ1) is 10.3. The molecule has 1 fully saturated rings. The van der Waals surface area contributed by atoms with Crippen molar-refractivity contribution in [3.05, 3.63) is 35.1 Å². The summed E-state index contributed by atoms with van der Waals surface area (Å²) in [5, 5.41) is 12.8. The maximum absolute atomic E-state index is 12.0. The molecule has 0 aliphatic heterocycles. The van der Waals surface area contributed by atoms with Gasteiger partial charge in [-0.05, 0) is 24.5 Å². The molecule has 1 N–H and O–H groups in total. The summed E-state index contributed by atoms with van der Waals surface area (Å²) in [5.41, 5.74) is 0.895. The average molecular weight is 302 g/mol. The number of rotatable bonds is 4. The number of carbonyl (C=O) groups excluding carboxylic acids is 1. The van der Waals surface area contributed by atoms with Gasteiger partial charge in [-0.25, -0.2) is 0 Å². The fraction of sp³-hybridized carbons (Fsp3) is 0.467. The van der Waals surface area contributed by atoms with Crippen molar-refractivity contribution < 1.29 is 4.79 Å². The molecule has 1 saturated carbocycles. The monoisotopic (exact) mass is 302 g/mol. The highest BCUT2D eigenvalue weighted by molar-refractivity contribution is 7.15. The van der Waals surface area contributed by atoms with Gasteiger partial charge in [-0.3, -0.25) is 9.78 Å². The lowest BCUT2D eigenvalue weighted by atomic mass is 9.90. The predicted molar refractivity (Wildman–Crippen MR) is 82.3 cm³/mol. The number of aromatic nitrogens is 3. The largest absolute Gasteiger partial charge is 0.300 e. The molecule has 0 aromatic carbocycles. The Morgan fingerprint density at radius 1 is 1.29 bits per heavy atom. The van der Waals surface area contributed by atoms with Crippen LogP contribution in [0.4, 0.5) is 5.13 Å². The molecule has 0 atom stereocenters. The summed E-state index contributed by atoms with van der Waals surface area (Å²) >= 11 is 1.51. The Morgan fingerprint density at radius 3 is 2.90 bits per heavy atom. The summed E-state index contributed by atoms with van der Waals surface area (Å²) in [4.78, 5) is 16.0. The second kappa shape index (κ2) is 6.76. The Morgan fingerprint density at radius 2 is 2.14 bits per heavy atom. The molecule has 110 valence electrons. The first-order valence-electron chi connectivity index (χ1n) is 7.33. The molecule has 1 amide bonds. The van der Waals surface area contributed by atoms with Gasteiger partial charge in [-0.1, -0.05) is 36.7 Å². The molecule has 5 nitrogen and oxygen atoms in total. The molecule has 0 saturated heterocycles. The van der Waals surface area contributed by atoms with E-state index in [1.807, 2.05) is 12.1 Å². The summed E-state index contributed by atoms with van der Waals surface area (Å²) < 4.78 is 0. The number of hydrogen-bond acceptors (Lipinski definition) is 5. The molecular formula is C15H18N4OS. The first kappa shape index (κ1) is 14.1. The average Bonchev–Trinajstić information content (AvgIpc) is 2.97. The molecule has 0 unspecified atom stereocenters. The molecule has 0 bridgehead atoms. The Bertz CT molecular complexity index is 593. The minimum Gasteiger partial charge on any atom is -0.300 e. The van der Waals surface area contributed by atoms with Crippen LogP contribution in [0.3, 0.4) is 0 Å². The van der Waals surface area contributed by atoms with Crippen molar-refractivity contribution in [1.29, 1.82) is 0 Å². The van der Waals surface area contributed by atoms with Crippen LogP contribution < -0.4 is 5.32 Å². The number of carbonyl (C=O) groups is 1. The molecule has 2 heterocycles. The van der Waals surface area contributed by atoms with E-state index in [0.29, 0.717) is 17.5 Å². The van der Waals surface area contributed by atoms with Crippen LogP contribution >= 0.6 is 11.3 Å². The van der Waals surface area contributed by atoms with E-state index < -0.39 is 0 Å². The van der Waals surface area contributed by atoms with E-state index in [9.17, 15) is 4.79 Å². The van der Waals surface area contributed by atoms with Gasteiger partial charge >= 0.3 is 0 Å². The lowest BCUT2D eigenvalue weighted by Crippen LogP contribution is -2.14. The van der Waals surface area contributed by atoms with Crippen LogP contribution in [-0.2, 0) is 11.2 Å². The van der Waals surface area contributed by atoms with Crippen LogP contribution in [-0.4, -0.2) is 21.1 Å². The number of amides is 1. The molecule has 2 aromatic heterocycles. The van der Waals surface area contributed by atoms with Crippen molar-refractivity contribution in [1.82, 2.24) is 15.2 Å². The molecular weight excluding hydrogens is 284 g/mol. The lowest BCUT2D eigenvalue weighted by Gasteiger charge is -2.18. The number of nitrogens with one attached hydrogen (secondary N) is 1. The van der Waals surface area contributed by atoms with Gasteiger partial charge in [0, 0.05) is 18.3 Å².